The summed E-state index contributed by atoms with van der Waals surface area (Å²) < 4.78 is 1.50. The minimum atomic E-state index is -0.0640. The topological polar surface area (TPSA) is 64.2 Å². The van der Waals surface area contributed by atoms with Crippen molar-refractivity contribution in [3.8, 4) is 0 Å². The molecule has 21 heavy (non-hydrogen) atoms. The molecule has 0 atom stereocenters. The predicted molar refractivity (Wildman–Crippen MR) is 86.6 cm³/mol. The SMILES string of the molecule is CCCN(C)c1cnn(CCc2ccc(N)cc2)c(=O)c1. The molecule has 0 saturated carbocycles. The summed E-state index contributed by atoms with van der Waals surface area (Å²) in [5.74, 6) is 0. The molecule has 0 aliphatic carbocycles. The fraction of sp³-hybridized carbons (Fsp3) is 0.375. The zero-order valence-electron chi connectivity index (χ0n) is 12.6. The second-order valence-corrected chi connectivity index (χ2v) is 5.19. The first-order valence-corrected chi connectivity index (χ1v) is 7.23. The number of aromatic nitrogens is 2. The Kier molecular flexibility index (Phi) is 4.98. The van der Waals surface area contributed by atoms with Gasteiger partial charge < -0.3 is 10.6 Å². The molecule has 2 aromatic rings. The highest BCUT2D eigenvalue weighted by atomic mass is 16.1. The third-order valence-corrected chi connectivity index (χ3v) is 3.45. The van der Waals surface area contributed by atoms with E-state index in [4.69, 9.17) is 5.73 Å². The molecule has 0 aliphatic heterocycles. The highest BCUT2D eigenvalue weighted by Crippen LogP contribution is 2.08. The lowest BCUT2D eigenvalue weighted by Crippen LogP contribution is -2.26. The Labute approximate surface area is 125 Å². The summed E-state index contributed by atoms with van der Waals surface area (Å²) in [4.78, 5) is 14.1. The van der Waals surface area contributed by atoms with E-state index >= 15 is 0 Å². The molecule has 1 aromatic heterocycles. The molecule has 0 amide bonds. The largest absolute Gasteiger partial charge is 0.399 e. The van der Waals surface area contributed by atoms with Gasteiger partial charge in [0, 0.05) is 31.9 Å². The summed E-state index contributed by atoms with van der Waals surface area (Å²) in [7, 11) is 1.97. The normalized spacial score (nSPS) is 10.6. The second-order valence-electron chi connectivity index (χ2n) is 5.19. The maximum Gasteiger partial charge on any atom is 0.268 e. The summed E-state index contributed by atoms with van der Waals surface area (Å²) in [5, 5.41) is 4.25. The number of nitrogens with two attached hydrogens (primary N) is 1. The van der Waals surface area contributed by atoms with Crippen LogP contribution in [0.2, 0.25) is 0 Å². The third kappa shape index (κ3) is 4.08. The summed E-state index contributed by atoms with van der Waals surface area (Å²) in [5.41, 5.74) is 8.35. The molecule has 5 nitrogen and oxygen atoms in total. The predicted octanol–water partition coefficient (Wildman–Crippen LogP) is 1.91. The van der Waals surface area contributed by atoms with Crippen LogP contribution in [0.3, 0.4) is 0 Å². The van der Waals surface area contributed by atoms with E-state index in [0.717, 1.165) is 36.3 Å². The molecule has 0 radical (unpaired) electrons. The number of nitrogen functional groups attached to an aromatic ring is 1. The van der Waals surface area contributed by atoms with Crippen molar-refractivity contribution in [1.29, 1.82) is 0 Å². The molecule has 0 unspecified atom stereocenters. The molecule has 1 heterocycles. The Bertz CT molecular complexity index is 633. The number of benzene rings is 1. The Morgan fingerprint density at radius 2 is 2.00 bits per heavy atom. The average Bonchev–Trinajstić information content (AvgIpc) is 2.48. The quantitative estimate of drug-likeness (QED) is 0.824. The van der Waals surface area contributed by atoms with E-state index in [1.807, 2.05) is 36.2 Å². The molecule has 0 aliphatic rings. The van der Waals surface area contributed by atoms with Gasteiger partial charge >= 0.3 is 0 Å². The van der Waals surface area contributed by atoms with Crippen LogP contribution in [0, 0.1) is 0 Å². The summed E-state index contributed by atoms with van der Waals surface area (Å²) in [6.07, 6.45) is 3.55. The highest BCUT2D eigenvalue weighted by Gasteiger charge is 2.04. The van der Waals surface area contributed by atoms with Gasteiger partial charge in [-0.15, -0.1) is 0 Å². The van der Waals surface area contributed by atoms with Crippen molar-refractivity contribution in [3.63, 3.8) is 0 Å². The van der Waals surface area contributed by atoms with Crippen LogP contribution < -0.4 is 16.2 Å². The van der Waals surface area contributed by atoms with Crippen molar-refractivity contribution < 1.29 is 0 Å². The van der Waals surface area contributed by atoms with E-state index in [9.17, 15) is 4.79 Å². The van der Waals surface area contributed by atoms with Crippen LogP contribution in [0.1, 0.15) is 18.9 Å². The summed E-state index contributed by atoms with van der Waals surface area (Å²) in [6.45, 7) is 3.59. The number of nitrogens with zero attached hydrogens (tertiary/aromatic N) is 3. The zero-order chi connectivity index (χ0) is 15.2. The van der Waals surface area contributed by atoms with E-state index in [-0.39, 0.29) is 5.56 Å². The molecular formula is C16H22N4O. The molecule has 1 aromatic carbocycles. The van der Waals surface area contributed by atoms with Gasteiger partial charge in [0.05, 0.1) is 11.9 Å². The van der Waals surface area contributed by atoms with Gasteiger partial charge in [-0.25, -0.2) is 4.68 Å². The minimum Gasteiger partial charge on any atom is -0.399 e. The van der Waals surface area contributed by atoms with E-state index in [1.54, 1.807) is 12.3 Å². The van der Waals surface area contributed by atoms with Gasteiger partial charge in [-0.05, 0) is 30.5 Å². The van der Waals surface area contributed by atoms with Gasteiger partial charge in [0.1, 0.15) is 0 Å². The fourth-order valence-corrected chi connectivity index (χ4v) is 2.18. The van der Waals surface area contributed by atoms with Crippen LogP contribution in [0.25, 0.3) is 0 Å². The molecule has 0 saturated heterocycles. The number of rotatable bonds is 6. The molecular weight excluding hydrogens is 264 g/mol. The lowest BCUT2D eigenvalue weighted by atomic mass is 10.1. The Balaban J connectivity index is 2.04. The van der Waals surface area contributed by atoms with Crippen LogP contribution in [0.4, 0.5) is 11.4 Å². The number of hydrogen-bond acceptors (Lipinski definition) is 4. The first-order valence-electron chi connectivity index (χ1n) is 7.23. The van der Waals surface area contributed by atoms with E-state index in [0.29, 0.717) is 6.54 Å². The highest BCUT2D eigenvalue weighted by molar-refractivity contribution is 5.41. The molecule has 0 fully saturated rings. The van der Waals surface area contributed by atoms with Crippen LogP contribution in [0.15, 0.2) is 41.3 Å². The van der Waals surface area contributed by atoms with Crippen LogP contribution >= 0.6 is 0 Å². The van der Waals surface area contributed by atoms with Crippen molar-refractivity contribution >= 4 is 11.4 Å². The molecule has 5 heteroatoms. The Morgan fingerprint density at radius 3 is 2.62 bits per heavy atom. The minimum absolute atomic E-state index is 0.0640. The smallest absolute Gasteiger partial charge is 0.268 e. The Morgan fingerprint density at radius 1 is 1.29 bits per heavy atom. The van der Waals surface area contributed by atoms with Gasteiger partial charge in [-0.1, -0.05) is 19.1 Å². The number of aryl methyl sites for hydroxylation is 2. The zero-order valence-corrected chi connectivity index (χ0v) is 12.6. The van der Waals surface area contributed by atoms with Gasteiger partial charge in [-0.3, -0.25) is 4.79 Å². The molecule has 2 N–H and O–H groups in total. The number of hydrogen-bond donors (Lipinski definition) is 1. The van der Waals surface area contributed by atoms with Crippen molar-refractivity contribution in [1.82, 2.24) is 9.78 Å². The molecule has 112 valence electrons. The first kappa shape index (κ1) is 15.1. The third-order valence-electron chi connectivity index (χ3n) is 3.45. The molecule has 0 spiro atoms. The summed E-state index contributed by atoms with van der Waals surface area (Å²) in [6, 6.07) is 9.34. The van der Waals surface area contributed by atoms with Crippen LogP contribution in [-0.2, 0) is 13.0 Å². The Hall–Kier alpha value is -2.30. The van der Waals surface area contributed by atoms with Crippen LogP contribution in [-0.4, -0.2) is 23.4 Å². The van der Waals surface area contributed by atoms with E-state index < -0.39 is 0 Å². The van der Waals surface area contributed by atoms with Crippen molar-refractivity contribution in [3.05, 3.63) is 52.4 Å². The average molecular weight is 286 g/mol. The lowest BCUT2D eigenvalue weighted by molar-refractivity contribution is 0.577. The second kappa shape index (κ2) is 6.92. The van der Waals surface area contributed by atoms with E-state index in [2.05, 4.69) is 12.0 Å². The van der Waals surface area contributed by atoms with Gasteiger partial charge in [-0.2, -0.15) is 5.10 Å². The summed E-state index contributed by atoms with van der Waals surface area (Å²) >= 11 is 0. The van der Waals surface area contributed by atoms with E-state index in [1.165, 1.54) is 4.68 Å². The van der Waals surface area contributed by atoms with Crippen molar-refractivity contribution in [2.75, 3.05) is 24.2 Å². The van der Waals surface area contributed by atoms with Gasteiger partial charge in [0.15, 0.2) is 0 Å². The standard InChI is InChI=1S/C16H22N4O/c1-3-9-19(2)15-11-16(21)20(18-12-15)10-8-13-4-6-14(17)7-5-13/h4-7,11-12H,3,8-10,17H2,1-2H3. The lowest BCUT2D eigenvalue weighted by Gasteiger charge is -2.17. The first-order chi connectivity index (χ1) is 10.1. The van der Waals surface area contributed by atoms with Gasteiger partial charge in [0.25, 0.3) is 5.56 Å². The monoisotopic (exact) mass is 286 g/mol. The maximum absolute atomic E-state index is 12.1. The fourth-order valence-electron chi connectivity index (χ4n) is 2.18. The molecule has 0 bridgehead atoms. The number of anilines is 2. The molecule has 2 rings (SSSR count). The van der Waals surface area contributed by atoms with Crippen molar-refractivity contribution in [2.45, 2.75) is 26.3 Å². The van der Waals surface area contributed by atoms with Gasteiger partial charge in [0.2, 0.25) is 0 Å². The maximum atomic E-state index is 12.1. The van der Waals surface area contributed by atoms with Crippen molar-refractivity contribution in [2.24, 2.45) is 0 Å². The van der Waals surface area contributed by atoms with Crippen LogP contribution in [0.5, 0.6) is 0 Å².